The van der Waals surface area contributed by atoms with Crippen LogP contribution in [0.3, 0.4) is 0 Å². The largest absolute Gasteiger partial charge is 0.476 e. The Hall–Kier alpha value is -1.38. The summed E-state index contributed by atoms with van der Waals surface area (Å²) in [6.45, 7) is -0.460. The predicted molar refractivity (Wildman–Crippen MR) is 63.6 cm³/mol. The molecule has 1 rings (SSSR count). The number of carbonyl (C=O) groups is 1. The molecular weight excluding hydrogens is 317 g/mol. The van der Waals surface area contributed by atoms with Crippen molar-refractivity contribution in [2.45, 2.75) is 0 Å². The molecular formula is C8H7BrClN3O4. The lowest BCUT2D eigenvalue weighted by Crippen LogP contribution is -2.34. The summed E-state index contributed by atoms with van der Waals surface area (Å²) < 4.78 is 5.39. The summed E-state index contributed by atoms with van der Waals surface area (Å²) in [5.74, 6) is 4.04. The Morgan fingerprint density at radius 3 is 2.82 bits per heavy atom. The van der Waals surface area contributed by atoms with Crippen LogP contribution in [0, 0.1) is 10.1 Å². The lowest BCUT2D eigenvalue weighted by molar-refractivity contribution is -0.385. The van der Waals surface area contributed by atoms with Crippen LogP contribution >= 0.6 is 27.5 Å². The Labute approximate surface area is 109 Å². The van der Waals surface area contributed by atoms with Crippen molar-refractivity contribution in [1.82, 2.24) is 5.43 Å². The molecule has 0 atom stereocenters. The number of nitro groups is 1. The van der Waals surface area contributed by atoms with E-state index in [2.05, 4.69) is 15.9 Å². The van der Waals surface area contributed by atoms with Gasteiger partial charge >= 0.3 is 5.69 Å². The molecule has 0 fully saturated rings. The molecule has 0 aliphatic heterocycles. The summed E-state index contributed by atoms with van der Waals surface area (Å²) >= 11 is 8.85. The number of benzene rings is 1. The molecule has 0 radical (unpaired) electrons. The highest BCUT2D eigenvalue weighted by Gasteiger charge is 2.20. The number of nitrogens with two attached hydrogens (primary N) is 1. The van der Waals surface area contributed by atoms with Gasteiger partial charge in [0.2, 0.25) is 5.75 Å². The first-order valence-corrected chi connectivity index (χ1v) is 5.38. The molecule has 1 aromatic carbocycles. The molecule has 92 valence electrons. The van der Waals surface area contributed by atoms with Crippen LogP contribution in [0.1, 0.15) is 0 Å². The summed E-state index contributed by atoms with van der Waals surface area (Å²) in [4.78, 5) is 21.0. The number of nitrogens with one attached hydrogen (secondary N) is 1. The van der Waals surface area contributed by atoms with Gasteiger partial charge in [0.25, 0.3) is 5.91 Å². The van der Waals surface area contributed by atoms with E-state index < -0.39 is 17.4 Å². The summed E-state index contributed by atoms with van der Waals surface area (Å²) in [6.07, 6.45) is 0. The maximum Gasteiger partial charge on any atom is 0.313 e. The van der Waals surface area contributed by atoms with Crippen molar-refractivity contribution in [3.05, 3.63) is 31.7 Å². The maximum atomic E-state index is 10.9. The van der Waals surface area contributed by atoms with Crippen molar-refractivity contribution in [3.8, 4) is 5.75 Å². The molecule has 0 aromatic heterocycles. The van der Waals surface area contributed by atoms with Gasteiger partial charge in [-0.2, -0.15) is 0 Å². The molecule has 1 aromatic rings. The van der Waals surface area contributed by atoms with Gasteiger partial charge < -0.3 is 4.74 Å². The minimum atomic E-state index is -0.660. The Balaban J connectivity index is 3.04. The second kappa shape index (κ2) is 5.80. The lowest BCUT2D eigenvalue weighted by Gasteiger charge is -2.07. The van der Waals surface area contributed by atoms with Gasteiger partial charge in [0, 0.05) is 10.5 Å². The smallest absolute Gasteiger partial charge is 0.313 e. The Morgan fingerprint density at radius 1 is 1.65 bits per heavy atom. The molecule has 0 heterocycles. The molecule has 17 heavy (non-hydrogen) atoms. The number of hydrogen-bond acceptors (Lipinski definition) is 5. The van der Waals surface area contributed by atoms with E-state index in [1.165, 1.54) is 12.1 Å². The third kappa shape index (κ3) is 3.55. The van der Waals surface area contributed by atoms with Gasteiger partial charge in [-0.05, 0) is 6.07 Å². The van der Waals surface area contributed by atoms with Crippen LogP contribution in [0.2, 0.25) is 5.02 Å². The monoisotopic (exact) mass is 323 g/mol. The third-order valence-corrected chi connectivity index (χ3v) is 2.43. The molecule has 0 bridgehead atoms. The second-order valence-electron chi connectivity index (χ2n) is 2.85. The van der Waals surface area contributed by atoms with Crippen molar-refractivity contribution in [2.24, 2.45) is 5.84 Å². The van der Waals surface area contributed by atoms with Crippen molar-refractivity contribution < 1.29 is 14.5 Å². The van der Waals surface area contributed by atoms with Crippen molar-refractivity contribution >= 4 is 39.1 Å². The molecule has 9 heteroatoms. The maximum absolute atomic E-state index is 10.9. The van der Waals surface area contributed by atoms with E-state index in [4.69, 9.17) is 22.2 Å². The van der Waals surface area contributed by atoms with E-state index >= 15 is 0 Å². The number of amides is 1. The topological polar surface area (TPSA) is 107 Å². The van der Waals surface area contributed by atoms with E-state index in [1.54, 1.807) is 0 Å². The van der Waals surface area contributed by atoms with Crippen LogP contribution in [0.5, 0.6) is 5.75 Å². The first kappa shape index (κ1) is 13.7. The van der Waals surface area contributed by atoms with Gasteiger partial charge in [-0.3, -0.25) is 20.3 Å². The fourth-order valence-electron chi connectivity index (χ4n) is 1.00. The minimum Gasteiger partial charge on any atom is -0.476 e. The second-order valence-corrected chi connectivity index (χ2v) is 4.17. The normalized spacial score (nSPS) is 9.82. The van der Waals surface area contributed by atoms with E-state index in [9.17, 15) is 14.9 Å². The summed E-state index contributed by atoms with van der Waals surface area (Å²) in [5.41, 5.74) is 1.49. The highest BCUT2D eigenvalue weighted by atomic mass is 79.9. The number of nitro benzene ring substituents is 1. The van der Waals surface area contributed by atoms with Crippen LogP contribution in [0.25, 0.3) is 0 Å². The highest BCUT2D eigenvalue weighted by Crippen LogP contribution is 2.37. The van der Waals surface area contributed by atoms with Crippen LogP contribution in [-0.4, -0.2) is 17.4 Å². The van der Waals surface area contributed by atoms with Gasteiger partial charge in [-0.25, -0.2) is 5.84 Å². The minimum absolute atomic E-state index is 0.0240. The molecule has 0 saturated carbocycles. The van der Waals surface area contributed by atoms with Gasteiger partial charge in [0.05, 0.1) is 9.95 Å². The first-order chi connectivity index (χ1) is 7.95. The van der Waals surface area contributed by atoms with E-state index in [0.29, 0.717) is 4.47 Å². The number of carbonyl (C=O) groups excluding carboxylic acids is 1. The lowest BCUT2D eigenvalue weighted by atomic mass is 10.3. The van der Waals surface area contributed by atoms with Crippen LogP contribution in [-0.2, 0) is 4.79 Å². The Bertz CT molecular complexity index is 468. The summed E-state index contributed by atoms with van der Waals surface area (Å²) in [5, 5.41) is 10.8. The molecule has 1 amide bonds. The van der Waals surface area contributed by atoms with Crippen LogP contribution in [0.15, 0.2) is 16.6 Å². The van der Waals surface area contributed by atoms with Crippen molar-refractivity contribution in [3.63, 3.8) is 0 Å². The zero-order valence-corrected chi connectivity index (χ0v) is 10.6. The Kier molecular flexibility index (Phi) is 4.67. The van der Waals surface area contributed by atoms with Gasteiger partial charge in [-0.1, -0.05) is 27.5 Å². The quantitative estimate of drug-likeness (QED) is 0.376. The van der Waals surface area contributed by atoms with Gasteiger partial charge in [-0.15, -0.1) is 0 Å². The SMILES string of the molecule is NNC(=O)COc1c(Cl)cc(Br)cc1[N+](=O)[O-]. The fraction of sp³-hybridized carbons (Fsp3) is 0.125. The number of rotatable bonds is 4. The number of hydrazine groups is 1. The van der Waals surface area contributed by atoms with Crippen LogP contribution in [0.4, 0.5) is 5.69 Å². The predicted octanol–water partition coefficient (Wildman–Crippen LogP) is 1.38. The average Bonchev–Trinajstić information content (AvgIpc) is 2.26. The van der Waals surface area contributed by atoms with E-state index in [-0.39, 0.29) is 16.5 Å². The highest BCUT2D eigenvalue weighted by molar-refractivity contribution is 9.10. The zero-order valence-electron chi connectivity index (χ0n) is 8.28. The molecule has 0 saturated heterocycles. The number of nitrogens with zero attached hydrogens (tertiary/aromatic N) is 1. The Morgan fingerprint density at radius 2 is 2.29 bits per heavy atom. The molecule has 3 N–H and O–H groups in total. The fourth-order valence-corrected chi connectivity index (χ4v) is 1.85. The van der Waals surface area contributed by atoms with Crippen molar-refractivity contribution in [1.29, 1.82) is 0 Å². The summed E-state index contributed by atoms with van der Waals surface area (Å²) in [7, 11) is 0. The van der Waals surface area contributed by atoms with E-state index in [1.807, 2.05) is 5.43 Å². The molecule has 0 aliphatic rings. The number of ether oxygens (including phenoxy) is 1. The third-order valence-electron chi connectivity index (χ3n) is 1.69. The first-order valence-electron chi connectivity index (χ1n) is 4.21. The number of hydrogen-bond donors (Lipinski definition) is 2. The molecule has 7 nitrogen and oxygen atoms in total. The molecule has 0 unspecified atom stereocenters. The van der Waals surface area contributed by atoms with E-state index in [0.717, 1.165) is 0 Å². The average molecular weight is 325 g/mol. The number of halogens is 2. The van der Waals surface area contributed by atoms with Gasteiger partial charge in [0.1, 0.15) is 0 Å². The van der Waals surface area contributed by atoms with Gasteiger partial charge in [0.15, 0.2) is 6.61 Å². The molecule has 0 aliphatic carbocycles. The zero-order chi connectivity index (χ0) is 13.0. The van der Waals surface area contributed by atoms with Crippen LogP contribution < -0.4 is 16.0 Å². The molecule has 0 spiro atoms. The summed E-state index contributed by atoms with van der Waals surface area (Å²) in [6, 6.07) is 2.64. The van der Waals surface area contributed by atoms with Crippen molar-refractivity contribution in [2.75, 3.05) is 6.61 Å². The standard InChI is InChI=1S/C8H7BrClN3O4/c9-4-1-5(10)8(6(2-4)13(15)16)17-3-7(14)12-11/h1-2H,3,11H2,(H,12,14).